The van der Waals surface area contributed by atoms with Crippen LogP contribution < -0.4 is 0 Å². The van der Waals surface area contributed by atoms with Crippen LogP contribution in [0.1, 0.15) is 10.5 Å². The first-order valence-electron chi connectivity index (χ1n) is 4.33. The Morgan fingerprint density at radius 3 is 2.94 bits per heavy atom. The molecule has 2 aromatic heterocycles. The first kappa shape index (κ1) is 10.1. The maximum atomic E-state index is 11.2. The summed E-state index contributed by atoms with van der Waals surface area (Å²) in [5, 5.41) is 11.0. The molecule has 0 aliphatic carbocycles. The van der Waals surface area contributed by atoms with E-state index in [9.17, 15) is 14.9 Å². The monoisotopic (exact) mass is 221 g/mol. The molecule has 0 spiro atoms. The Kier molecular flexibility index (Phi) is 2.28. The molecule has 0 aromatic carbocycles. The average Bonchev–Trinajstić information content (AvgIpc) is 2.70. The molecule has 82 valence electrons. The number of nitrogens with one attached hydrogen (secondary N) is 1. The Morgan fingerprint density at radius 2 is 2.31 bits per heavy atom. The van der Waals surface area contributed by atoms with Crippen LogP contribution in [0.3, 0.4) is 0 Å². The van der Waals surface area contributed by atoms with Gasteiger partial charge in [0.25, 0.3) is 5.69 Å². The summed E-state index contributed by atoms with van der Waals surface area (Å²) in [5.41, 5.74) is 0.499. The number of aromatic amines is 1. The van der Waals surface area contributed by atoms with Gasteiger partial charge in [-0.15, -0.1) is 0 Å². The third-order valence-corrected chi connectivity index (χ3v) is 2.07. The molecule has 2 heterocycles. The molecule has 2 aromatic rings. The van der Waals surface area contributed by atoms with Crippen molar-refractivity contribution in [3.63, 3.8) is 0 Å². The quantitative estimate of drug-likeness (QED) is 0.467. The minimum atomic E-state index is -0.544. The van der Waals surface area contributed by atoms with E-state index < -0.39 is 10.9 Å². The summed E-state index contributed by atoms with van der Waals surface area (Å²) in [6, 6.07) is 2.80. The second kappa shape index (κ2) is 3.61. The van der Waals surface area contributed by atoms with Crippen molar-refractivity contribution in [3.05, 3.63) is 34.1 Å². The number of esters is 1. The van der Waals surface area contributed by atoms with Gasteiger partial charge in [-0.1, -0.05) is 0 Å². The fraction of sp³-hybridized carbons (Fsp3) is 0.111. The van der Waals surface area contributed by atoms with Crippen LogP contribution in [0.4, 0.5) is 5.69 Å². The van der Waals surface area contributed by atoms with Gasteiger partial charge in [0.2, 0.25) is 0 Å². The molecule has 1 N–H and O–H groups in total. The number of hydrogen-bond donors (Lipinski definition) is 1. The van der Waals surface area contributed by atoms with Crippen molar-refractivity contribution in [2.75, 3.05) is 7.11 Å². The van der Waals surface area contributed by atoms with E-state index in [0.29, 0.717) is 11.0 Å². The normalized spacial score (nSPS) is 10.3. The van der Waals surface area contributed by atoms with E-state index >= 15 is 0 Å². The highest BCUT2D eigenvalue weighted by Crippen LogP contribution is 2.19. The van der Waals surface area contributed by atoms with Crippen molar-refractivity contribution in [1.29, 1.82) is 0 Å². The third-order valence-electron chi connectivity index (χ3n) is 2.07. The van der Waals surface area contributed by atoms with Gasteiger partial charge in [-0.25, -0.2) is 9.78 Å². The van der Waals surface area contributed by atoms with E-state index in [0.717, 1.165) is 6.20 Å². The largest absolute Gasteiger partial charge is 0.464 e. The molecule has 2 rings (SSSR count). The van der Waals surface area contributed by atoms with Gasteiger partial charge in [-0.2, -0.15) is 0 Å². The van der Waals surface area contributed by atoms with Crippen molar-refractivity contribution >= 4 is 22.7 Å². The van der Waals surface area contributed by atoms with E-state index in [1.807, 2.05) is 0 Å². The number of nitrogens with zero attached hydrogens (tertiary/aromatic N) is 2. The lowest BCUT2D eigenvalue weighted by Crippen LogP contribution is -2.00. The van der Waals surface area contributed by atoms with E-state index in [4.69, 9.17) is 0 Å². The Labute approximate surface area is 89.2 Å². The molecule has 0 amide bonds. The van der Waals surface area contributed by atoms with Gasteiger partial charge in [-0.3, -0.25) is 10.1 Å². The van der Waals surface area contributed by atoms with Crippen LogP contribution in [0.25, 0.3) is 11.0 Å². The van der Waals surface area contributed by atoms with Crippen LogP contribution >= 0.6 is 0 Å². The zero-order valence-corrected chi connectivity index (χ0v) is 8.26. The van der Waals surface area contributed by atoms with Gasteiger partial charge in [0, 0.05) is 11.5 Å². The molecule has 0 unspecified atom stereocenters. The molecule has 0 fully saturated rings. The Balaban J connectivity index is 2.54. The van der Waals surface area contributed by atoms with E-state index in [1.54, 1.807) is 0 Å². The lowest BCUT2D eigenvalue weighted by Gasteiger charge is -1.91. The molecule has 0 saturated carbocycles. The van der Waals surface area contributed by atoms with Gasteiger partial charge in [0.15, 0.2) is 0 Å². The number of carbonyl (C=O) groups is 1. The summed E-state index contributed by atoms with van der Waals surface area (Å²) in [7, 11) is 1.25. The molecule has 0 bridgehead atoms. The smallest absolute Gasteiger partial charge is 0.354 e. The SMILES string of the molecule is COC(=O)c1cc2cc([N+](=O)[O-])cnc2[nH]1. The predicted molar refractivity (Wildman–Crippen MR) is 54.1 cm³/mol. The molecule has 0 saturated heterocycles. The molecule has 7 nitrogen and oxygen atoms in total. The molecular formula is C9H7N3O4. The number of H-pyrrole nitrogens is 1. The molecular weight excluding hydrogens is 214 g/mol. The Bertz CT molecular complexity index is 575. The van der Waals surface area contributed by atoms with Gasteiger partial charge < -0.3 is 9.72 Å². The molecule has 0 atom stereocenters. The standard InChI is InChI=1S/C9H7N3O4/c1-16-9(13)7-3-5-2-6(12(14)15)4-10-8(5)11-7/h2-4H,1H3,(H,10,11). The van der Waals surface area contributed by atoms with Gasteiger partial charge in [-0.05, 0) is 6.07 Å². The predicted octanol–water partition coefficient (Wildman–Crippen LogP) is 1.26. The second-order valence-electron chi connectivity index (χ2n) is 3.06. The summed E-state index contributed by atoms with van der Waals surface area (Å²) in [5.74, 6) is -0.541. The van der Waals surface area contributed by atoms with Crippen LogP contribution in [0.2, 0.25) is 0 Å². The number of pyridine rings is 1. The zero-order chi connectivity index (χ0) is 11.7. The first-order valence-corrected chi connectivity index (χ1v) is 4.33. The molecule has 16 heavy (non-hydrogen) atoms. The summed E-state index contributed by atoms with van der Waals surface area (Å²) >= 11 is 0. The van der Waals surface area contributed by atoms with E-state index in [-0.39, 0.29) is 11.4 Å². The van der Waals surface area contributed by atoms with Crippen molar-refractivity contribution in [2.24, 2.45) is 0 Å². The number of hydrogen-bond acceptors (Lipinski definition) is 5. The van der Waals surface area contributed by atoms with Gasteiger partial charge in [0.05, 0.1) is 12.0 Å². The molecule has 0 radical (unpaired) electrons. The maximum absolute atomic E-state index is 11.2. The zero-order valence-electron chi connectivity index (χ0n) is 8.26. The van der Waals surface area contributed by atoms with E-state index in [1.165, 1.54) is 19.2 Å². The maximum Gasteiger partial charge on any atom is 0.354 e. The highest BCUT2D eigenvalue weighted by molar-refractivity contribution is 5.94. The number of fused-ring (bicyclic) bond motifs is 1. The van der Waals surface area contributed by atoms with E-state index in [2.05, 4.69) is 14.7 Å². The summed E-state index contributed by atoms with van der Waals surface area (Å²) < 4.78 is 4.51. The van der Waals surface area contributed by atoms with Crippen LogP contribution in [-0.4, -0.2) is 28.0 Å². The van der Waals surface area contributed by atoms with Crippen molar-refractivity contribution in [1.82, 2.24) is 9.97 Å². The molecule has 0 aliphatic rings. The topological polar surface area (TPSA) is 98.1 Å². The third kappa shape index (κ3) is 1.58. The van der Waals surface area contributed by atoms with Crippen LogP contribution in [0.5, 0.6) is 0 Å². The number of ether oxygens (including phenoxy) is 1. The first-order chi connectivity index (χ1) is 7.61. The fourth-order valence-electron chi connectivity index (χ4n) is 1.32. The van der Waals surface area contributed by atoms with Gasteiger partial charge >= 0.3 is 5.97 Å². The number of aromatic nitrogens is 2. The highest BCUT2D eigenvalue weighted by Gasteiger charge is 2.13. The summed E-state index contributed by atoms with van der Waals surface area (Å²) in [6.45, 7) is 0. The highest BCUT2D eigenvalue weighted by atomic mass is 16.6. The lowest BCUT2D eigenvalue weighted by molar-refractivity contribution is -0.385. The second-order valence-corrected chi connectivity index (χ2v) is 3.06. The molecule has 7 heteroatoms. The van der Waals surface area contributed by atoms with Crippen LogP contribution in [-0.2, 0) is 4.74 Å². The van der Waals surface area contributed by atoms with Crippen molar-refractivity contribution in [3.8, 4) is 0 Å². The van der Waals surface area contributed by atoms with Crippen molar-refractivity contribution in [2.45, 2.75) is 0 Å². The number of methoxy groups -OCH3 is 1. The number of rotatable bonds is 2. The average molecular weight is 221 g/mol. The molecule has 0 aliphatic heterocycles. The summed E-state index contributed by atoms with van der Waals surface area (Å²) in [4.78, 5) is 27.7. The lowest BCUT2D eigenvalue weighted by atomic mass is 10.3. The number of carbonyl (C=O) groups excluding carboxylic acids is 1. The minimum absolute atomic E-state index is 0.122. The fourth-order valence-corrected chi connectivity index (χ4v) is 1.32. The minimum Gasteiger partial charge on any atom is -0.464 e. The van der Waals surface area contributed by atoms with Crippen LogP contribution in [0.15, 0.2) is 18.3 Å². The van der Waals surface area contributed by atoms with Crippen LogP contribution in [0, 0.1) is 10.1 Å². The number of nitro groups is 1. The summed E-state index contributed by atoms with van der Waals surface area (Å²) in [6.07, 6.45) is 1.12. The Hall–Kier alpha value is -2.44. The van der Waals surface area contributed by atoms with Gasteiger partial charge in [0.1, 0.15) is 17.5 Å². The Morgan fingerprint density at radius 1 is 1.56 bits per heavy atom. The van der Waals surface area contributed by atoms with Crippen molar-refractivity contribution < 1.29 is 14.5 Å².